The standard InChI is InChI=1S/C7H9N3S/c1-3-4-5-11-7-8-6-9-10(7)2/h6H,5H2,1-2H3. The molecule has 1 heterocycles. The zero-order valence-corrected chi connectivity index (χ0v) is 7.35. The molecule has 0 aliphatic heterocycles. The Morgan fingerprint density at radius 3 is 3.09 bits per heavy atom. The maximum Gasteiger partial charge on any atom is 0.186 e. The van der Waals surface area contributed by atoms with E-state index in [4.69, 9.17) is 0 Å². The van der Waals surface area contributed by atoms with Crippen LogP contribution in [0.25, 0.3) is 0 Å². The Bertz CT molecular complexity index is 281. The van der Waals surface area contributed by atoms with Crippen LogP contribution in [0.3, 0.4) is 0 Å². The Balaban J connectivity index is 2.48. The van der Waals surface area contributed by atoms with Crippen LogP contribution in [0.5, 0.6) is 0 Å². The highest BCUT2D eigenvalue weighted by Gasteiger charge is 1.97. The summed E-state index contributed by atoms with van der Waals surface area (Å²) in [7, 11) is 1.87. The van der Waals surface area contributed by atoms with Crippen LogP contribution in [0, 0.1) is 11.8 Å². The molecule has 0 aliphatic carbocycles. The topological polar surface area (TPSA) is 30.7 Å². The molecule has 3 nitrogen and oxygen atoms in total. The van der Waals surface area contributed by atoms with E-state index in [0.717, 1.165) is 10.9 Å². The van der Waals surface area contributed by atoms with Crippen LogP contribution < -0.4 is 0 Å². The number of thioether (sulfide) groups is 1. The van der Waals surface area contributed by atoms with Gasteiger partial charge in [-0.1, -0.05) is 17.7 Å². The van der Waals surface area contributed by atoms with Gasteiger partial charge in [0.15, 0.2) is 5.16 Å². The lowest BCUT2D eigenvalue weighted by Gasteiger charge is -1.93. The van der Waals surface area contributed by atoms with Crippen LogP contribution >= 0.6 is 11.8 Å². The van der Waals surface area contributed by atoms with Gasteiger partial charge in [-0.05, 0) is 6.92 Å². The van der Waals surface area contributed by atoms with Crippen LogP contribution in [0.15, 0.2) is 11.5 Å². The van der Waals surface area contributed by atoms with E-state index in [2.05, 4.69) is 21.9 Å². The van der Waals surface area contributed by atoms with Crippen molar-refractivity contribution in [3.63, 3.8) is 0 Å². The smallest absolute Gasteiger partial charge is 0.186 e. The first kappa shape index (κ1) is 8.15. The van der Waals surface area contributed by atoms with Gasteiger partial charge in [0.2, 0.25) is 0 Å². The number of rotatable bonds is 2. The molecule has 11 heavy (non-hydrogen) atoms. The largest absolute Gasteiger partial charge is 0.244 e. The monoisotopic (exact) mass is 167 g/mol. The van der Waals surface area contributed by atoms with Crippen molar-refractivity contribution >= 4 is 11.8 Å². The highest BCUT2D eigenvalue weighted by atomic mass is 32.2. The van der Waals surface area contributed by atoms with E-state index < -0.39 is 0 Å². The maximum absolute atomic E-state index is 4.03. The summed E-state index contributed by atoms with van der Waals surface area (Å²) in [5.74, 6) is 6.55. The van der Waals surface area contributed by atoms with E-state index in [9.17, 15) is 0 Å². The van der Waals surface area contributed by atoms with E-state index in [1.54, 1.807) is 22.8 Å². The molecular weight excluding hydrogens is 158 g/mol. The van der Waals surface area contributed by atoms with E-state index in [-0.39, 0.29) is 0 Å². The van der Waals surface area contributed by atoms with Crippen molar-refractivity contribution < 1.29 is 0 Å². The molecule has 1 rings (SSSR count). The first-order valence-corrected chi connectivity index (χ1v) is 4.19. The summed E-state index contributed by atoms with van der Waals surface area (Å²) in [5.41, 5.74) is 0. The Morgan fingerprint density at radius 2 is 2.55 bits per heavy atom. The third kappa shape index (κ3) is 2.28. The minimum atomic E-state index is 0.781. The molecular formula is C7H9N3S. The summed E-state index contributed by atoms with van der Waals surface area (Å²) < 4.78 is 1.74. The van der Waals surface area contributed by atoms with Crippen molar-refractivity contribution in [2.24, 2.45) is 7.05 Å². The van der Waals surface area contributed by atoms with E-state index >= 15 is 0 Å². The van der Waals surface area contributed by atoms with Gasteiger partial charge in [-0.15, -0.1) is 5.92 Å². The third-order valence-electron chi connectivity index (χ3n) is 1.12. The predicted octanol–water partition coefficient (Wildman–Crippen LogP) is 0.930. The molecule has 0 spiro atoms. The first-order valence-electron chi connectivity index (χ1n) is 3.21. The SMILES string of the molecule is CC#CCSc1ncnn1C. The van der Waals surface area contributed by atoms with Gasteiger partial charge in [0.25, 0.3) is 0 Å². The summed E-state index contributed by atoms with van der Waals surface area (Å²) in [6.07, 6.45) is 1.54. The number of nitrogens with zero attached hydrogens (tertiary/aromatic N) is 3. The van der Waals surface area contributed by atoms with Crippen molar-refractivity contribution in [3.8, 4) is 11.8 Å². The molecule has 0 aromatic carbocycles. The van der Waals surface area contributed by atoms with Gasteiger partial charge in [-0.25, -0.2) is 9.67 Å². The molecule has 4 heteroatoms. The fourth-order valence-electron chi connectivity index (χ4n) is 0.589. The van der Waals surface area contributed by atoms with Gasteiger partial charge in [0.05, 0.1) is 5.75 Å². The summed E-state index contributed by atoms with van der Waals surface area (Å²) >= 11 is 1.59. The Kier molecular flexibility index (Phi) is 2.99. The summed E-state index contributed by atoms with van der Waals surface area (Å²) in [6.45, 7) is 1.83. The molecule has 0 fully saturated rings. The average molecular weight is 167 g/mol. The molecule has 1 aromatic rings. The lowest BCUT2D eigenvalue weighted by molar-refractivity contribution is 0.686. The van der Waals surface area contributed by atoms with Gasteiger partial charge in [-0.3, -0.25) is 0 Å². The molecule has 0 atom stereocenters. The summed E-state index contributed by atoms with van der Waals surface area (Å²) in [6, 6.07) is 0. The molecule has 0 saturated heterocycles. The van der Waals surface area contributed by atoms with Crippen LogP contribution in [-0.2, 0) is 7.05 Å². The Morgan fingerprint density at radius 1 is 1.73 bits per heavy atom. The highest BCUT2D eigenvalue weighted by Crippen LogP contribution is 2.11. The number of aryl methyl sites for hydroxylation is 1. The van der Waals surface area contributed by atoms with Gasteiger partial charge < -0.3 is 0 Å². The van der Waals surface area contributed by atoms with Crippen molar-refractivity contribution in [2.45, 2.75) is 12.1 Å². The third-order valence-corrected chi connectivity index (χ3v) is 2.04. The van der Waals surface area contributed by atoms with Crippen molar-refractivity contribution in [1.29, 1.82) is 0 Å². The molecule has 0 N–H and O–H groups in total. The molecule has 58 valence electrons. The average Bonchev–Trinajstić information content (AvgIpc) is 2.37. The quantitative estimate of drug-likeness (QED) is 0.485. The van der Waals surface area contributed by atoms with Crippen molar-refractivity contribution in [2.75, 3.05) is 5.75 Å². The van der Waals surface area contributed by atoms with E-state index in [1.807, 2.05) is 14.0 Å². The highest BCUT2D eigenvalue weighted by molar-refractivity contribution is 7.99. The maximum atomic E-state index is 4.03. The zero-order valence-electron chi connectivity index (χ0n) is 6.53. The molecule has 0 radical (unpaired) electrons. The van der Waals surface area contributed by atoms with Gasteiger partial charge in [0, 0.05) is 7.05 Å². The van der Waals surface area contributed by atoms with E-state index in [0.29, 0.717) is 0 Å². The number of aromatic nitrogens is 3. The van der Waals surface area contributed by atoms with Crippen LogP contribution in [-0.4, -0.2) is 20.5 Å². The second-order valence-electron chi connectivity index (χ2n) is 1.88. The zero-order chi connectivity index (χ0) is 8.10. The summed E-state index contributed by atoms with van der Waals surface area (Å²) in [5, 5.41) is 4.84. The van der Waals surface area contributed by atoms with Crippen LogP contribution in [0.1, 0.15) is 6.92 Å². The van der Waals surface area contributed by atoms with Crippen LogP contribution in [0.4, 0.5) is 0 Å². The molecule has 0 saturated carbocycles. The molecule has 0 amide bonds. The first-order chi connectivity index (χ1) is 5.34. The van der Waals surface area contributed by atoms with Crippen molar-refractivity contribution in [3.05, 3.63) is 6.33 Å². The van der Waals surface area contributed by atoms with E-state index in [1.165, 1.54) is 0 Å². The second kappa shape index (κ2) is 4.04. The fraction of sp³-hybridized carbons (Fsp3) is 0.429. The number of hydrogen-bond donors (Lipinski definition) is 0. The molecule has 0 aliphatic rings. The normalized spacial score (nSPS) is 8.91. The molecule has 0 unspecified atom stereocenters. The molecule has 1 aromatic heterocycles. The van der Waals surface area contributed by atoms with Gasteiger partial charge in [-0.2, -0.15) is 5.10 Å². The minimum absolute atomic E-state index is 0.781. The lowest BCUT2D eigenvalue weighted by Crippen LogP contribution is -1.92. The van der Waals surface area contributed by atoms with Gasteiger partial charge >= 0.3 is 0 Å². The van der Waals surface area contributed by atoms with Crippen molar-refractivity contribution in [1.82, 2.24) is 14.8 Å². The summed E-state index contributed by atoms with van der Waals surface area (Å²) in [4.78, 5) is 4.03. The van der Waals surface area contributed by atoms with Crippen LogP contribution in [0.2, 0.25) is 0 Å². The second-order valence-corrected chi connectivity index (χ2v) is 2.82. The lowest BCUT2D eigenvalue weighted by atomic mass is 10.7. The van der Waals surface area contributed by atoms with Gasteiger partial charge in [0.1, 0.15) is 6.33 Å². The molecule has 0 bridgehead atoms. The Hall–Kier alpha value is -0.950. The predicted molar refractivity (Wildman–Crippen MR) is 45.2 cm³/mol. The minimum Gasteiger partial charge on any atom is -0.244 e. The Labute approximate surface area is 70.2 Å². The number of hydrogen-bond acceptors (Lipinski definition) is 3. The fourth-order valence-corrected chi connectivity index (χ4v) is 1.29.